The molecule has 1 aromatic carbocycles. The van der Waals surface area contributed by atoms with Gasteiger partial charge >= 0.3 is 0 Å². The molecule has 0 spiro atoms. The van der Waals surface area contributed by atoms with Crippen molar-refractivity contribution < 1.29 is 18.1 Å². The summed E-state index contributed by atoms with van der Waals surface area (Å²) >= 11 is 1.83. The predicted molar refractivity (Wildman–Crippen MR) is 197 cm³/mol. The summed E-state index contributed by atoms with van der Waals surface area (Å²) in [5.41, 5.74) is 10.3. The minimum absolute atomic E-state index is 0.00176. The van der Waals surface area contributed by atoms with E-state index in [1.807, 2.05) is 37.0 Å². The van der Waals surface area contributed by atoms with E-state index in [2.05, 4.69) is 112 Å². The molecule has 5 rings (SSSR count). The summed E-state index contributed by atoms with van der Waals surface area (Å²) in [6.07, 6.45) is 2.95. The molecule has 4 atom stereocenters. The minimum Gasteiger partial charge on any atom is -0.408 e. The Labute approximate surface area is 286 Å². The van der Waals surface area contributed by atoms with Crippen molar-refractivity contribution in [2.24, 2.45) is 0 Å². The number of nitrogens with zero attached hydrogens (tertiary/aromatic N) is 4. The third kappa shape index (κ3) is 7.57. The van der Waals surface area contributed by atoms with Crippen LogP contribution >= 0.6 is 11.8 Å². The maximum absolute atomic E-state index is 7.32. The minimum atomic E-state index is -2.27. The SMILES string of the molecule is Cc1noc(Cc2ccccc2)c1CSC[C@H]1O[C@@H](n2ccc3c(N)ncnc32)[C@H](O[Si](C)(C)C(C)(C)C)[C@@H]1O[Si](C)(C)C(C)(C)C. The number of aromatic nitrogens is 4. The summed E-state index contributed by atoms with van der Waals surface area (Å²) in [4.78, 5) is 8.85. The van der Waals surface area contributed by atoms with Crippen LogP contribution in [0.2, 0.25) is 36.3 Å². The van der Waals surface area contributed by atoms with Crippen molar-refractivity contribution in [1.82, 2.24) is 19.7 Å². The highest BCUT2D eigenvalue weighted by atomic mass is 32.2. The van der Waals surface area contributed by atoms with Crippen molar-refractivity contribution in [2.45, 2.75) is 121 Å². The number of thioether (sulfide) groups is 1. The van der Waals surface area contributed by atoms with Crippen molar-refractivity contribution >= 4 is 45.2 Å². The molecule has 47 heavy (non-hydrogen) atoms. The van der Waals surface area contributed by atoms with E-state index in [1.165, 1.54) is 11.9 Å². The molecule has 0 unspecified atom stereocenters. The van der Waals surface area contributed by atoms with Gasteiger partial charge in [0.25, 0.3) is 0 Å². The number of nitrogen functional groups attached to an aromatic ring is 1. The maximum atomic E-state index is 7.32. The molecule has 256 valence electrons. The molecule has 0 amide bonds. The summed E-state index contributed by atoms with van der Waals surface area (Å²) in [5.74, 6) is 2.85. The Kier molecular flexibility index (Phi) is 10.2. The number of anilines is 1. The van der Waals surface area contributed by atoms with Crippen LogP contribution in [0.1, 0.15) is 70.4 Å². The van der Waals surface area contributed by atoms with Gasteiger partial charge in [-0.15, -0.1) is 0 Å². The zero-order valence-corrected chi connectivity index (χ0v) is 32.8. The van der Waals surface area contributed by atoms with Crippen LogP contribution in [0.3, 0.4) is 0 Å². The van der Waals surface area contributed by atoms with Crippen LogP contribution in [0.15, 0.2) is 53.4 Å². The second-order valence-electron chi connectivity index (χ2n) is 15.8. The molecule has 0 bridgehead atoms. The Morgan fingerprint density at radius 3 is 2.19 bits per heavy atom. The number of nitrogens with two attached hydrogens (primary N) is 1. The molecule has 4 aromatic rings. The van der Waals surface area contributed by atoms with Gasteiger partial charge in [-0.05, 0) is 54.8 Å². The summed E-state index contributed by atoms with van der Waals surface area (Å²) in [6, 6.07) is 12.3. The van der Waals surface area contributed by atoms with Crippen LogP contribution in [-0.2, 0) is 25.8 Å². The Morgan fingerprint density at radius 1 is 0.915 bits per heavy atom. The van der Waals surface area contributed by atoms with E-state index in [-0.39, 0.29) is 28.4 Å². The normalized spacial score (nSPS) is 21.2. The lowest BCUT2D eigenvalue weighted by molar-refractivity contribution is -0.0244. The molecule has 12 heteroatoms. The molecular weight excluding hydrogens is 643 g/mol. The number of ether oxygens (including phenoxy) is 1. The first-order valence-corrected chi connectivity index (χ1v) is 23.5. The largest absolute Gasteiger partial charge is 0.408 e. The Bertz CT molecular complexity index is 1660. The summed E-state index contributed by atoms with van der Waals surface area (Å²) in [6.45, 7) is 24.9. The highest BCUT2D eigenvalue weighted by Gasteiger charge is 2.54. The first-order chi connectivity index (χ1) is 21.9. The molecule has 0 radical (unpaired) electrons. The van der Waals surface area contributed by atoms with E-state index in [0.717, 1.165) is 39.6 Å². The number of hydrogen-bond acceptors (Lipinski definition) is 9. The molecule has 1 aliphatic rings. The smallest absolute Gasteiger partial charge is 0.192 e. The second-order valence-corrected chi connectivity index (χ2v) is 26.4. The van der Waals surface area contributed by atoms with Gasteiger partial charge in [0.05, 0.1) is 17.2 Å². The van der Waals surface area contributed by atoms with Crippen molar-refractivity contribution in [1.29, 1.82) is 0 Å². The lowest BCUT2D eigenvalue weighted by atomic mass is 10.1. The van der Waals surface area contributed by atoms with E-state index < -0.39 is 22.9 Å². The standard InChI is InChI=1S/C35H53N5O4SSi2/c1-23-26(27(42-39-23)19-24-15-13-12-14-16-24)20-45-21-28-29(43-46(8,9)34(2,3)4)30(44-47(10,11)35(5,6)7)33(41-28)40-18-17-25-31(36)37-22-38-32(25)40/h12-18,22,28-30,33H,19-21H2,1-11H3,(H2,36,37,38)/t28-,29-,30-,33-/m1/s1. The summed E-state index contributed by atoms with van der Waals surface area (Å²) < 4.78 is 29.6. The van der Waals surface area contributed by atoms with Gasteiger partial charge in [0, 0.05) is 29.7 Å². The van der Waals surface area contributed by atoms with Gasteiger partial charge in [0.2, 0.25) is 0 Å². The molecule has 0 aliphatic carbocycles. The van der Waals surface area contributed by atoms with E-state index in [9.17, 15) is 0 Å². The monoisotopic (exact) mass is 695 g/mol. The van der Waals surface area contributed by atoms with Crippen molar-refractivity contribution in [3.8, 4) is 0 Å². The highest BCUT2D eigenvalue weighted by Crippen LogP contribution is 2.47. The Morgan fingerprint density at radius 2 is 1.55 bits per heavy atom. The maximum Gasteiger partial charge on any atom is 0.192 e. The number of benzene rings is 1. The van der Waals surface area contributed by atoms with Gasteiger partial charge in [0.1, 0.15) is 35.8 Å². The number of rotatable bonds is 11. The average Bonchev–Trinajstić information content (AvgIpc) is 3.65. The number of aryl methyl sites for hydroxylation is 1. The quantitative estimate of drug-likeness (QED) is 0.154. The molecule has 1 aliphatic heterocycles. The van der Waals surface area contributed by atoms with Crippen LogP contribution in [0.4, 0.5) is 5.82 Å². The van der Waals surface area contributed by atoms with Crippen LogP contribution in [0, 0.1) is 6.92 Å². The highest BCUT2D eigenvalue weighted by molar-refractivity contribution is 7.98. The van der Waals surface area contributed by atoms with Crippen LogP contribution < -0.4 is 5.73 Å². The molecule has 1 fully saturated rings. The fourth-order valence-corrected chi connectivity index (χ4v) is 9.18. The van der Waals surface area contributed by atoms with Gasteiger partial charge in [-0.1, -0.05) is 77.0 Å². The fourth-order valence-electron chi connectivity index (χ4n) is 5.38. The summed E-state index contributed by atoms with van der Waals surface area (Å²) in [5, 5.41) is 5.14. The van der Waals surface area contributed by atoms with Gasteiger partial charge in [0.15, 0.2) is 22.9 Å². The predicted octanol–water partition coefficient (Wildman–Crippen LogP) is 8.51. The fraction of sp³-hybridized carbons (Fsp3) is 0.571. The second kappa shape index (κ2) is 13.4. The molecule has 2 N–H and O–H groups in total. The first kappa shape index (κ1) is 35.8. The Balaban J connectivity index is 1.49. The van der Waals surface area contributed by atoms with Gasteiger partial charge < -0.3 is 28.4 Å². The average molecular weight is 696 g/mol. The zero-order valence-electron chi connectivity index (χ0n) is 30.0. The molecule has 9 nitrogen and oxygen atoms in total. The first-order valence-electron chi connectivity index (χ1n) is 16.5. The van der Waals surface area contributed by atoms with Crippen molar-refractivity contribution in [3.63, 3.8) is 0 Å². The third-order valence-corrected chi connectivity index (χ3v) is 20.4. The molecule has 4 heterocycles. The van der Waals surface area contributed by atoms with Crippen molar-refractivity contribution in [3.05, 3.63) is 71.5 Å². The van der Waals surface area contributed by atoms with Crippen LogP contribution in [0.25, 0.3) is 11.0 Å². The molecular formula is C35H53N5O4SSi2. The third-order valence-electron chi connectivity index (χ3n) is 10.4. The molecule has 1 saturated heterocycles. The molecule has 0 saturated carbocycles. The number of hydrogen-bond donors (Lipinski definition) is 1. The lowest BCUT2D eigenvalue weighted by Crippen LogP contribution is -2.53. The van der Waals surface area contributed by atoms with E-state index >= 15 is 0 Å². The van der Waals surface area contributed by atoms with E-state index in [1.54, 1.807) is 0 Å². The summed E-state index contributed by atoms with van der Waals surface area (Å²) in [7, 11) is -4.50. The van der Waals surface area contributed by atoms with Crippen LogP contribution in [-0.4, -0.2) is 60.4 Å². The Hall–Kier alpha value is -2.49. The topological polar surface area (TPSA) is 110 Å². The van der Waals surface area contributed by atoms with Crippen molar-refractivity contribution in [2.75, 3.05) is 11.5 Å². The van der Waals surface area contributed by atoms with E-state index in [0.29, 0.717) is 12.2 Å². The zero-order chi connectivity index (χ0) is 34.4. The van der Waals surface area contributed by atoms with E-state index in [4.69, 9.17) is 23.8 Å². The van der Waals surface area contributed by atoms with Gasteiger partial charge in [-0.25, -0.2) is 9.97 Å². The van der Waals surface area contributed by atoms with Crippen LogP contribution in [0.5, 0.6) is 0 Å². The lowest BCUT2D eigenvalue weighted by Gasteiger charge is -2.44. The molecule has 3 aromatic heterocycles. The number of fused-ring (bicyclic) bond motifs is 1. The van der Waals surface area contributed by atoms with Gasteiger partial charge in [-0.2, -0.15) is 11.8 Å². The van der Waals surface area contributed by atoms with Gasteiger partial charge in [-0.3, -0.25) is 0 Å².